The van der Waals surface area contributed by atoms with Crippen molar-refractivity contribution in [2.45, 2.75) is 39.4 Å². The number of fused-ring (bicyclic) bond motifs is 1. The van der Waals surface area contributed by atoms with Gasteiger partial charge in [0, 0.05) is 24.5 Å². The molecule has 0 aliphatic rings. The summed E-state index contributed by atoms with van der Waals surface area (Å²) in [6, 6.07) is 10.8. The highest BCUT2D eigenvalue weighted by atomic mass is 15.3. The third kappa shape index (κ3) is 2.77. The molecule has 2 aromatic rings. The lowest BCUT2D eigenvalue weighted by molar-refractivity contribution is 0.249. The van der Waals surface area contributed by atoms with Gasteiger partial charge in [-0.05, 0) is 27.0 Å². The van der Waals surface area contributed by atoms with Crippen molar-refractivity contribution < 1.29 is 0 Å². The molecule has 4 heteroatoms. The van der Waals surface area contributed by atoms with Crippen molar-refractivity contribution in [2.24, 2.45) is 0 Å². The maximum absolute atomic E-state index is 8.77. The average Bonchev–Trinajstić information content (AvgIpc) is 2.77. The summed E-state index contributed by atoms with van der Waals surface area (Å²) in [6.07, 6.45) is 0.545. The van der Waals surface area contributed by atoms with E-state index in [4.69, 9.17) is 5.26 Å². The van der Waals surface area contributed by atoms with Crippen LogP contribution in [0.25, 0.3) is 10.9 Å². The number of nitriles is 1. The average molecular weight is 256 g/mol. The van der Waals surface area contributed by atoms with Gasteiger partial charge in [-0.1, -0.05) is 18.2 Å². The number of aryl methyl sites for hydroxylation is 1. The second-order valence-electron chi connectivity index (χ2n) is 4.91. The molecule has 1 aromatic heterocycles. The van der Waals surface area contributed by atoms with Gasteiger partial charge in [-0.15, -0.1) is 0 Å². The van der Waals surface area contributed by atoms with Gasteiger partial charge < -0.3 is 0 Å². The largest absolute Gasteiger partial charge is 0.297 e. The van der Waals surface area contributed by atoms with Gasteiger partial charge in [0.1, 0.15) is 0 Å². The molecule has 0 fully saturated rings. The molecule has 1 atom stereocenters. The molecule has 0 aliphatic carbocycles. The number of benzene rings is 1. The lowest BCUT2D eigenvalue weighted by Gasteiger charge is -2.21. The molecule has 0 radical (unpaired) electrons. The van der Waals surface area contributed by atoms with Gasteiger partial charge in [-0.2, -0.15) is 10.4 Å². The highest BCUT2D eigenvalue weighted by Gasteiger charge is 2.14. The van der Waals surface area contributed by atoms with Gasteiger partial charge in [-0.25, -0.2) is 0 Å². The topological polar surface area (TPSA) is 44.9 Å². The predicted octanol–water partition coefficient (Wildman–Crippen LogP) is 2.79. The number of aromatic nitrogens is 2. The first-order valence-electron chi connectivity index (χ1n) is 6.69. The molecule has 100 valence electrons. The summed E-state index contributed by atoms with van der Waals surface area (Å²) in [7, 11) is 2.04. The zero-order chi connectivity index (χ0) is 13.8. The Bertz CT molecular complexity index is 594. The van der Waals surface area contributed by atoms with Gasteiger partial charge in [0.25, 0.3) is 0 Å². The number of nitrogens with zero attached hydrogens (tertiary/aromatic N) is 4. The Morgan fingerprint density at radius 1 is 1.42 bits per heavy atom. The van der Waals surface area contributed by atoms with Gasteiger partial charge in [0.15, 0.2) is 0 Å². The second kappa shape index (κ2) is 5.85. The van der Waals surface area contributed by atoms with E-state index in [2.05, 4.69) is 42.0 Å². The molecule has 1 unspecified atom stereocenters. The zero-order valence-electron chi connectivity index (χ0n) is 11.8. The van der Waals surface area contributed by atoms with Crippen LogP contribution >= 0.6 is 0 Å². The first-order valence-corrected chi connectivity index (χ1v) is 6.69. The monoisotopic (exact) mass is 256 g/mol. The Kier molecular flexibility index (Phi) is 4.18. The summed E-state index contributed by atoms with van der Waals surface area (Å²) in [5.74, 6) is 0. The lowest BCUT2D eigenvalue weighted by Crippen LogP contribution is -2.28. The van der Waals surface area contributed by atoms with Crippen LogP contribution in [-0.4, -0.2) is 27.8 Å². The zero-order valence-corrected chi connectivity index (χ0v) is 11.8. The van der Waals surface area contributed by atoms with Crippen molar-refractivity contribution in [3.8, 4) is 6.07 Å². The molecule has 1 aromatic carbocycles. The van der Waals surface area contributed by atoms with E-state index in [1.54, 1.807) is 0 Å². The third-order valence-electron chi connectivity index (χ3n) is 3.57. The van der Waals surface area contributed by atoms with E-state index in [0.29, 0.717) is 6.42 Å². The SMILES string of the molecule is CCn1nc(CN(C)C(C)CC#N)c2ccccc21. The van der Waals surface area contributed by atoms with Crippen molar-refractivity contribution in [1.82, 2.24) is 14.7 Å². The molecule has 2 rings (SSSR count). The summed E-state index contributed by atoms with van der Waals surface area (Å²) in [6.45, 7) is 5.82. The van der Waals surface area contributed by atoms with Crippen molar-refractivity contribution in [3.63, 3.8) is 0 Å². The van der Waals surface area contributed by atoms with Crippen molar-refractivity contribution in [1.29, 1.82) is 5.26 Å². The smallest absolute Gasteiger partial charge is 0.0843 e. The number of hydrogen-bond acceptors (Lipinski definition) is 3. The molecule has 1 heterocycles. The van der Waals surface area contributed by atoms with E-state index in [0.717, 1.165) is 18.8 Å². The van der Waals surface area contributed by atoms with Gasteiger partial charge >= 0.3 is 0 Å². The maximum Gasteiger partial charge on any atom is 0.0843 e. The van der Waals surface area contributed by atoms with Gasteiger partial charge in [0.05, 0.1) is 23.7 Å². The minimum atomic E-state index is 0.246. The lowest BCUT2D eigenvalue weighted by atomic mass is 10.1. The molecular weight excluding hydrogens is 236 g/mol. The van der Waals surface area contributed by atoms with Gasteiger partial charge in [0.2, 0.25) is 0 Å². The fourth-order valence-corrected chi connectivity index (χ4v) is 2.23. The Morgan fingerprint density at radius 2 is 2.16 bits per heavy atom. The Balaban J connectivity index is 2.28. The fraction of sp³-hybridized carbons (Fsp3) is 0.467. The Morgan fingerprint density at radius 3 is 2.84 bits per heavy atom. The summed E-state index contributed by atoms with van der Waals surface area (Å²) in [4.78, 5) is 2.18. The standard InChI is InChI=1S/C15H20N4/c1-4-19-15-8-6-5-7-13(15)14(17-19)11-18(3)12(2)9-10-16/h5-8,12H,4,9,11H2,1-3H3. The number of para-hydroxylation sites is 1. The molecular formula is C15H20N4. The van der Waals surface area contributed by atoms with E-state index in [1.165, 1.54) is 10.9 Å². The van der Waals surface area contributed by atoms with Crippen LogP contribution < -0.4 is 0 Å². The van der Waals surface area contributed by atoms with Crippen LogP contribution in [0.3, 0.4) is 0 Å². The summed E-state index contributed by atoms with van der Waals surface area (Å²) >= 11 is 0. The minimum absolute atomic E-state index is 0.246. The normalized spacial score (nSPS) is 12.8. The Hall–Kier alpha value is -1.86. The van der Waals surface area contributed by atoms with E-state index in [-0.39, 0.29) is 6.04 Å². The van der Waals surface area contributed by atoms with Crippen molar-refractivity contribution >= 4 is 10.9 Å². The number of rotatable bonds is 5. The first-order chi connectivity index (χ1) is 9.17. The summed E-state index contributed by atoms with van der Waals surface area (Å²) in [5, 5.41) is 14.7. The van der Waals surface area contributed by atoms with Crippen LogP contribution in [0, 0.1) is 11.3 Å². The highest BCUT2D eigenvalue weighted by molar-refractivity contribution is 5.81. The van der Waals surface area contributed by atoms with E-state index in [1.807, 2.05) is 23.9 Å². The minimum Gasteiger partial charge on any atom is -0.297 e. The molecule has 19 heavy (non-hydrogen) atoms. The second-order valence-corrected chi connectivity index (χ2v) is 4.91. The van der Waals surface area contributed by atoms with Crippen LogP contribution in [0.5, 0.6) is 0 Å². The molecule has 0 amide bonds. The van der Waals surface area contributed by atoms with Crippen LogP contribution in [0.1, 0.15) is 26.0 Å². The first kappa shape index (κ1) is 13.6. The van der Waals surface area contributed by atoms with Crippen LogP contribution in [0.15, 0.2) is 24.3 Å². The fourth-order valence-electron chi connectivity index (χ4n) is 2.23. The summed E-state index contributed by atoms with van der Waals surface area (Å²) in [5.41, 5.74) is 2.27. The van der Waals surface area contributed by atoms with Crippen LogP contribution in [-0.2, 0) is 13.1 Å². The Labute approximate surface area is 114 Å². The molecule has 4 nitrogen and oxygen atoms in total. The molecule has 0 spiro atoms. The molecule has 0 N–H and O–H groups in total. The van der Waals surface area contributed by atoms with Crippen molar-refractivity contribution in [2.75, 3.05) is 7.05 Å². The van der Waals surface area contributed by atoms with E-state index < -0.39 is 0 Å². The van der Waals surface area contributed by atoms with Crippen molar-refractivity contribution in [3.05, 3.63) is 30.0 Å². The van der Waals surface area contributed by atoms with E-state index >= 15 is 0 Å². The number of hydrogen-bond donors (Lipinski definition) is 0. The summed E-state index contributed by atoms with van der Waals surface area (Å²) < 4.78 is 2.04. The van der Waals surface area contributed by atoms with E-state index in [9.17, 15) is 0 Å². The molecule has 0 saturated carbocycles. The molecule has 0 aliphatic heterocycles. The molecule has 0 saturated heterocycles. The molecule has 0 bridgehead atoms. The van der Waals surface area contributed by atoms with Crippen LogP contribution in [0.4, 0.5) is 0 Å². The van der Waals surface area contributed by atoms with Gasteiger partial charge in [-0.3, -0.25) is 9.58 Å². The maximum atomic E-state index is 8.77. The predicted molar refractivity (Wildman–Crippen MR) is 76.6 cm³/mol. The third-order valence-corrected chi connectivity index (χ3v) is 3.57. The van der Waals surface area contributed by atoms with Crippen LogP contribution in [0.2, 0.25) is 0 Å². The highest BCUT2D eigenvalue weighted by Crippen LogP contribution is 2.20. The quantitative estimate of drug-likeness (QED) is 0.826.